The molecule has 0 aromatic heterocycles. The van der Waals surface area contributed by atoms with Gasteiger partial charge in [0, 0.05) is 6.04 Å². The predicted molar refractivity (Wildman–Crippen MR) is 65.7 cm³/mol. The van der Waals surface area contributed by atoms with Gasteiger partial charge in [-0.2, -0.15) is 0 Å². The van der Waals surface area contributed by atoms with E-state index < -0.39 is 35.7 Å². The number of nitrogens with two attached hydrogens (primary N) is 1. The van der Waals surface area contributed by atoms with Gasteiger partial charge in [-0.3, -0.25) is 0 Å². The Morgan fingerprint density at radius 3 is 2.26 bits per heavy atom. The molecule has 1 aromatic rings. The van der Waals surface area contributed by atoms with E-state index in [9.17, 15) is 21.2 Å². The minimum absolute atomic E-state index is 0.178. The summed E-state index contributed by atoms with van der Waals surface area (Å²) in [6.07, 6.45) is 2.37. The van der Waals surface area contributed by atoms with Crippen LogP contribution in [0.15, 0.2) is 28.0 Å². The Morgan fingerprint density at radius 1 is 1.21 bits per heavy atom. The van der Waals surface area contributed by atoms with Gasteiger partial charge in [-0.25, -0.2) is 31.1 Å². The molecule has 1 aliphatic rings. The summed E-state index contributed by atoms with van der Waals surface area (Å²) >= 11 is 0. The molecule has 106 valence electrons. The van der Waals surface area contributed by atoms with Gasteiger partial charge in [0.2, 0.25) is 20.0 Å². The lowest BCUT2D eigenvalue weighted by Crippen LogP contribution is -2.39. The summed E-state index contributed by atoms with van der Waals surface area (Å²) in [5, 5.41) is 4.84. The molecule has 0 heterocycles. The van der Waals surface area contributed by atoms with Crippen LogP contribution in [0.4, 0.5) is 4.39 Å². The van der Waals surface area contributed by atoms with Gasteiger partial charge in [-0.05, 0) is 31.0 Å². The second kappa shape index (κ2) is 4.82. The van der Waals surface area contributed by atoms with E-state index in [1.807, 2.05) is 0 Å². The summed E-state index contributed by atoms with van der Waals surface area (Å²) in [4.78, 5) is -1.04. The third kappa shape index (κ3) is 3.11. The number of nitrogens with one attached hydrogen (secondary N) is 1. The fraction of sp³-hybridized carbons (Fsp3) is 0.400. The number of hydrogen-bond donors (Lipinski definition) is 2. The molecule has 0 radical (unpaired) electrons. The Morgan fingerprint density at radius 2 is 1.84 bits per heavy atom. The highest BCUT2D eigenvalue weighted by Gasteiger charge is 2.27. The number of sulfonamides is 2. The van der Waals surface area contributed by atoms with Crippen molar-refractivity contribution in [3.63, 3.8) is 0 Å². The van der Waals surface area contributed by atoms with Gasteiger partial charge in [-0.1, -0.05) is 6.42 Å². The van der Waals surface area contributed by atoms with Crippen LogP contribution in [-0.2, 0) is 20.0 Å². The Hall–Kier alpha value is -1.03. The largest absolute Gasteiger partial charge is 0.243 e. The highest BCUT2D eigenvalue weighted by atomic mass is 32.2. The molecule has 2 rings (SSSR count). The van der Waals surface area contributed by atoms with Crippen molar-refractivity contribution in [1.82, 2.24) is 4.72 Å². The smallest absolute Gasteiger partial charge is 0.225 e. The topological polar surface area (TPSA) is 106 Å². The predicted octanol–water partition coefficient (Wildman–Crippen LogP) is 0.304. The summed E-state index contributed by atoms with van der Waals surface area (Å²) in [6, 6.07) is 2.29. The molecule has 1 aromatic carbocycles. The van der Waals surface area contributed by atoms with Crippen molar-refractivity contribution in [2.24, 2.45) is 5.14 Å². The minimum Gasteiger partial charge on any atom is -0.225 e. The van der Waals surface area contributed by atoms with Crippen LogP contribution in [0.3, 0.4) is 0 Å². The fourth-order valence-corrected chi connectivity index (χ4v) is 3.58. The first-order valence-corrected chi connectivity index (χ1v) is 8.58. The molecule has 0 bridgehead atoms. The molecule has 9 heteroatoms. The molecule has 1 aliphatic carbocycles. The number of primary sulfonamides is 1. The first-order chi connectivity index (χ1) is 8.70. The molecule has 3 N–H and O–H groups in total. The van der Waals surface area contributed by atoms with E-state index in [-0.39, 0.29) is 6.04 Å². The van der Waals surface area contributed by atoms with Crippen molar-refractivity contribution < 1.29 is 21.2 Å². The summed E-state index contributed by atoms with van der Waals surface area (Å²) in [6.45, 7) is 0. The van der Waals surface area contributed by atoms with Crippen LogP contribution in [0.1, 0.15) is 19.3 Å². The van der Waals surface area contributed by atoms with Crippen LogP contribution in [0, 0.1) is 5.82 Å². The van der Waals surface area contributed by atoms with Crippen LogP contribution < -0.4 is 9.86 Å². The molecule has 19 heavy (non-hydrogen) atoms. The number of rotatable bonds is 4. The average molecular weight is 308 g/mol. The first kappa shape index (κ1) is 14.4. The van der Waals surface area contributed by atoms with Crippen LogP contribution in [-0.4, -0.2) is 22.9 Å². The fourth-order valence-electron chi connectivity index (χ4n) is 1.69. The first-order valence-electron chi connectivity index (χ1n) is 5.55. The number of benzene rings is 1. The second-order valence-electron chi connectivity index (χ2n) is 4.39. The van der Waals surface area contributed by atoms with Crippen molar-refractivity contribution in [1.29, 1.82) is 0 Å². The zero-order valence-electron chi connectivity index (χ0n) is 9.84. The van der Waals surface area contributed by atoms with Gasteiger partial charge in [0.05, 0.1) is 4.90 Å². The zero-order valence-corrected chi connectivity index (χ0v) is 11.5. The summed E-state index contributed by atoms with van der Waals surface area (Å²) in [5.74, 6) is -1.14. The summed E-state index contributed by atoms with van der Waals surface area (Å²) in [7, 11) is -8.03. The molecular weight excluding hydrogens is 295 g/mol. The molecule has 0 spiro atoms. The van der Waals surface area contributed by atoms with Gasteiger partial charge < -0.3 is 0 Å². The number of halogens is 1. The molecular formula is C10H13FN2O4S2. The van der Waals surface area contributed by atoms with E-state index in [0.717, 1.165) is 31.4 Å². The zero-order chi connectivity index (χ0) is 14.3. The van der Waals surface area contributed by atoms with E-state index >= 15 is 0 Å². The van der Waals surface area contributed by atoms with Crippen molar-refractivity contribution >= 4 is 20.0 Å². The molecule has 0 amide bonds. The molecule has 0 unspecified atom stereocenters. The maximum Gasteiger partial charge on any atom is 0.243 e. The quantitative estimate of drug-likeness (QED) is 0.834. The Kier molecular flexibility index (Phi) is 3.65. The van der Waals surface area contributed by atoms with Gasteiger partial charge in [0.15, 0.2) is 0 Å². The van der Waals surface area contributed by atoms with E-state index in [1.165, 1.54) is 0 Å². The SMILES string of the molecule is NS(=O)(=O)c1ccc(S(=O)(=O)NC2CCC2)c(F)c1. The Balaban J connectivity index is 2.35. The molecule has 1 fully saturated rings. The molecule has 0 aliphatic heterocycles. The minimum atomic E-state index is -4.06. The summed E-state index contributed by atoms with van der Waals surface area (Å²) < 4.78 is 61.9. The van der Waals surface area contributed by atoms with Gasteiger partial charge >= 0.3 is 0 Å². The highest BCUT2D eigenvalue weighted by molar-refractivity contribution is 7.89. The normalized spacial score (nSPS) is 17.2. The van der Waals surface area contributed by atoms with Crippen LogP contribution in [0.2, 0.25) is 0 Å². The average Bonchev–Trinajstić information content (AvgIpc) is 2.22. The van der Waals surface area contributed by atoms with Crippen molar-refractivity contribution in [2.45, 2.75) is 35.1 Å². The standard InChI is InChI=1S/C10H13FN2O4S2/c11-9-6-8(18(12,14)15)4-5-10(9)19(16,17)13-7-2-1-3-7/h4-7,13H,1-3H2,(H2,12,14,15). The van der Waals surface area contributed by atoms with E-state index in [2.05, 4.69) is 4.72 Å². The van der Waals surface area contributed by atoms with Crippen molar-refractivity contribution in [3.05, 3.63) is 24.0 Å². The van der Waals surface area contributed by atoms with Crippen molar-refractivity contribution in [2.75, 3.05) is 0 Å². The monoisotopic (exact) mass is 308 g/mol. The lowest BCUT2D eigenvalue weighted by atomic mass is 9.94. The molecule has 6 nitrogen and oxygen atoms in total. The molecule has 1 saturated carbocycles. The van der Waals surface area contributed by atoms with E-state index in [4.69, 9.17) is 5.14 Å². The number of hydrogen-bond acceptors (Lipinski definition) is 4. The van der Waals surface area contributed by atoms with E-state index in [1.54, 1.807) is 0 Å². The van der Waals surface area contributed by atoms with Gasteiger partial charge in [0.25, 0.3) is 0 Å². The second-order valence-corrected chi connectivity index (χ2v) is 7.63. The van der Waals surface area contributed by atoms with Gasteiger partial charge in [-0.15, -0.1) is 0 Å². The lowest BCUT2D eigenvalue weighted by molar-refractivity contribution is 0.382. The third-order valence-corrected chi connectivity index (χ3v) is 5.41. The summed E-state index contributed by atoms with van der Waals surface area (Å²) in [5.41, 5.74) is 0. The highest BCUT2D eigenvalue weighted by Crippen LogP contribution is 2.23. The van der Waals surface area contributed by atoms with Gasteiger partial charge in [0.1, 0.15) is 10.7 Å². The van der Waals surface area contributed by atoms with Crippen LogP contribution >= 0.6 is 0 Å². The van der Waals surface area contributed by atoms with Crippen LogP contribution in [0.25, 0.3) is 0 Å². The maximum atomic E-state index is 13.7. The molecule has 0 saturated heterocycles. The van der Waals surface area contributed by atoms with Crippen molar-refractivity contribution in [3.8, 4) is 0 Å². The third-order valence-electron chi connectivity index (χ3n) is 2.95. The maximum absolute atomic E-state index is 13.7. The molecule has 0 atom stereocenters. The van der Waals surface area contributed by atoms with Crippen LogP contribution in [0.5, 0.6) is 0 Å². The Bertz CT molecular complexity index is 696. The lowest BCUT2D eigenvalue weighted by Gasteiger charge is -2.26. The van der Waals surface area contributed by atoms with E-state index in [0.29, 0.717) is 6.07 Å². The Labute approximate surface area is 110 Å².